The lowest BCUT2D eigenvalue weighted by Gasteiger charge is -2.28. The predicted molar refractivity (Wildman–Crippen MR) is 67.0 cm³/mol. The van der Waals surface area contributed by atoms with Crippen LogP contribution < -0.4 is 10.1 Å². The van der Waals surface area contributed by atoms with E-state index in [0.717, 1.165) is 11.7 Å². The monoisotopic (exact) mass is 219 g/mol. The Bertz CT molecular complexity index is 331. The van der Waals surface area contributed by atoms with Crippen LogP contribution in [0.4, 0.5) is 0 Å². The molecule has 1 saturated heterocycles. The van der Waals surface area contributed by atoms with Crippen molar-refractivity contribution < 1.29 is 4.74 Å². The molecule has 1 unspecified atom stereocenters. The summed E-state index contributed by atoms with van der Waals surface area (Å²) < 4.78 is 5.28. The molecule has 2 nitrogen and oxygen atoms in total. The Kier molecular flexibility index (Phi) is 3.83. The minimum atomic E-state index is 0.636. The molecule has 1 fully saturated rings. The maximum absolute atomic E-state index is 5.28. The molecule has 0 amide bonds. The number of hydrogen-bond acceptors (Lipinski definition) is 2. The van der Waals surface area contributed by atoms with Gasteiger partial charge in [0.1, 0.15) is 5.75 Å². The van der Waals surface area contributed by atoms with Crippen LogP contribution in [0.3, 0.4) is 0 Å². The highest BCUT2D eigenvalue weighted by Crippen LogP contribution is 2.31. The molecule has 0 saturated carbocycles. The van der Waals surface area contributed by atoms with E-state index >= 15 is 0 Å². The average Bonchev–Trinajstić information content (AvgIpc) is 2.39. The molecule has 16 heavy (non-hydrogen) atoms. The van der Waals surface area contributed by atoms with Crippen LogP contribution in [0.15, 0.2) is 24.3 Å². The van der Waals surface area contributed by atoms with Crippen LogP contribution in [0.1, 0.15) is 31.2 Å². The van der Waals surface area contributed by atoms with Gasteiger partial charge < -0.3 is 10.1 Å². The summed E-state index contributed by atoms with van der Waals surface area (Å²) in [6, 6.07) is 8.49. The lowest BCUT2D eigenvalue weighted by molar-refractivity contribution is 0.329. The van der Waals surface area contributed by atoms with Gasteiger partial charge in [0.25, 0.3) is 0 Å². The van der Waals surface area contributed by atoms with Crippen molar-refractivity contribution in [3.8, 4) is 5.75 Å². The van der Waals surface area contributed by atoms with Gasteiger partial charge in [0.05, 0.1) is 7.11 Å². The first kappa shape index (κ1) is 11.5. The predicted octanol–water partition coefficient (Wildman–Crippen LogP) is 2.80. The summed E-state index contributed by atoms with van der Waals surface area (Å²) in [5, 5.41) is 3.42. The highest BCUT2D eigenvalue weighted by Gasteiger charge is 2.21. The fourth-order valence-electron chi connectivity index (χ4n) is 2.54. The van der Waals surface area contributed by atoms with Gasteiger partial charge in [-0.25, -0.2) is 0 Å². The van der Waals surface area contributed by atoms with Gasteiger partial charge in [0.15, 0.2) is 0 Å². The molecule has 0 radical (unpaired) electrons. The lowest BCUT2D eigenvalue weighted by Crippen LogP contribution is -2.30. The number of methoxy groups -OCH3 is 1. The third-order valence-corrected chi connectivity index (χ3v) is 3.71. The number of hydrogen-bond donors (Lipinski definition) is 1. The van der Waals surface area contributed by atoms with Crippen molar-refractivity contribution in [2.75, 3.05) is 20.2 Å². The van der Waals surface area contributed by atoms with E-state index in [9.17, 15) is 0 Å². The third-order valence-electron chi connectivity index (χ3n) is 3.71. The summed E-state index contributed by atoms with van der Waals surface area (Å²) >= 11 is 0. The number of benzene rings is 1. The topological polar surface area (TPSA) is 21.3 Å². The fraction of sp³-hybridized carbons (Fsp3) is 0.571. The van der Waals surface area contributed by atoms with E-state index in [0.29, 0.717) is 5.92 Å². The van der Waals surface area contributed by atoms with Gasteiger partial charge in [-0.15, -0.1) is 0 Å². The van der Waals surface area contributed by atoms with E-state index in [1.807, 2.05) is 6.07 Å². The van der Waals surface area contributed by atoms with Crippen molar-refractivity contribution in [1.29, 1.82) is 0 Å². The Morgan fingerprint density at radius 1 is 1.31 bits per heavy atom. The molecule has 2 heteroatoms. The van der Waals surface area contributed by atoms with Crippen molar-refractivity contribution in [1.82, 2.24) is 5.32 Å². The molecule has 0 spiro atoms. The summed E-state index contributed by atoms with van der Waals surface area (Å²) in [5.41, 5.74) is 1.41. The molecular formula is C14H21NO. The van der Waals surface area contributed by atoms with Gasteiger partial charge in [-0.1, -0.05) is 19.1 Å². The zero-order chi connectivity index (χ0) is 11.4. The number of nitrogens with one attached hydrogen (secondary N) is 1. The molecule has 88 valence electrons. The lowest BCUT2D eigenvalue weighted by atomic mass is 9.82. The van der Waals surface area contributed by atoms with Gasteiger partial charge in [-0.2, -0.15) is 0 Å². The van der Waals surface area contributed by atoms with Gasteiger partial charge in [-0.05, 0) is 55.5 Å². The standard InChI is InChI=1S/C14H21NO/c1-11(12-6-8-15-9-7-12)13-4-3-5-14(10-13)16-2/h3-5,10-12,15H,6-9H2,1-2H3. The van der Waals surface area contributed by atoms with Crippen molar-refractivity contribution in [2.24, 2.45) is 5.92 Å². The van der Waals surface area contributed by atoms with Crippen LogP contribution >= 0.6 is 0 Å². The molecular weight excluding hydrogens is 198 g/mol. The number of rotatable bonds is 3. The normalized spacial score (nSPS) is 19.4. The molecule has 1 atom stereocenters. The summed E-state index contributed by atoms with van der Waals surface area (Å²) in [5.74, 6) is 2.42. The highest BCUT2D eigenvalue weighted by atomic mass is 16.5. The third kappa shape index (κ3) is 2.56. The maximum Gasteiger partial charge on any atom is 0.119 e. The fourth-order valence-corrected chi connectivity index (χ4v) is 2.54. The van der Waals surface area contributed by atoms with Gasteiger partial charge in [0.2, 0.25) is 0 Å². The van der Waals surface area contributed by atoms with Gasteiger partial charge in [-0.3, -0.25) is 0 Å². The molecule has 2 rings (SSSR count). The summed E-state index contributed by atoms with van der Waals surface area (Å²) in [6.45, 7) is 4.67. The first-order valence-electron chi connectivity index (χ1n) is 6.16. The van der Waals surface area contributed by atoms with Crippen molar-refractivity contribution >= 4 is 0 Å². The first-order valence-corrected chi connectivity index (χ1v) is 6.16. The first-order chi connectivity index (χ1) is 7.81. The second-order valence-corrected chi connectivity index (χ2v) is 4.65. The van der Waals surface area contributed by atoms with Crippen molar-refractivity contribution in [3.05, 3.63) is 29.8 Å². The maximum atomic E-state index is 5.28. The second-order valence-electron chi connectivity index (χ2n) is 4.65. The molecule has 1 aromatic carbocycles. The van der Waals surface area contributed by atoms with Crippen LogP contribution in [0.5, 0.6) is 5.75 Å². The molecule has 0 aliphatic carbocycles. The van der Waals surface area contributed by atoms with Crippen molar-refractivity contribution in [3.63, 3.8) is 0 Å². The minimum Gasteiger partial charge on any atom is -0.497 e. The van der Waals surface area contributed by atoms with Crippen molar-refractivity contribution in [2.45, 2.75) is 25.7 Å². The highest BCUT2D eigenvalue weighted by molar-refractivity contribution is 5.30. The molecule has 0 bridgehead atoms. The van der Waals surface area contributed by atoms with Gasteiger partial charge in [0, 0.05) is 0 Å². The molecule has 1 N–H and O–H groups in total. The Balaban J connectivity index is 2.09. The Morgan fingerprint density at radius 3 is 2.75 bits per heavy atom. The zero-order valence-electron chi connectivity index (χ0n) is 10.2. The van der Waals surface area contributed by atoms with Gasteiger partial charge >= 0.3 is 0 Å². The van der Waals surface area contributed by atoms with E-state index in [2.05, 4.69) is 30.4 Å². The summed E-state index contributed by atoms with van der Waals surface area (Å²) in [7, 11) is 1.73. The van der Waals surface area contributed by atoms with E-state index in [1.54, 1.807) is 7.11 Å². The smallest absolute Gasteiger partial charge is 0.119 e. The quantitative estimate of drug-likeness (QED) is 0.844. The van der Waals surface area contributed by atoms with Crippen LogP contribution in [0, 0.1) is 5.92 Å². The van der Waals surface area contributed by atoms with E-state index in [4.69, 9.17) is 4.74 Å². The molecule has 1 aromatic rings. The summed E-state index contributed by atoms with van der Waals surface area (Å²) in [6.07, 6.45) is 2.58. The Labute approximate surface area is 98.0 Å². The van der Waals surface area contributed by atoms with Crippen LogP contribution in [0.25, 0.3) is 0 Å². The van der Waals surface area contributed by atoms with Crippen LogP contribution in [-0.4, -0.2) is 20.2 Å². The van der Waals surface area contributed by atoms with E-state index in [-0.39, 0.29) is 0 Å². The molecule has 1 heterocycles. The molecule has 1 aliphatic heterocycles. The zero-order valence-corrected chi connectivity index (χ0v) is 10.2. The molecule has 1 aliphatic rings. The minimum absolute atomic E-state index is 0.636. The summed E-state index contributed by atoms with van der Waals surface area (Å²) in [4.78, 5) is 0. The van der Waals surface area contributed by atoms with Crippen LogP contribution in [0.2, 0.25) is 0 Å². The Hall–Kier alpha value is -1.02. The largest absolute Gasteiger partial charge is 0.497 e. The van der Waals surface area contributed by atoms with E-state index in [1.165, 1.54) is 31.5 Å². The molecule has 0 aromatic heterocycles. The van der Waals surface area contributed by atoms with E-state index < -0.39 is 0 Å². The number of piperidine rings is 1. The SMILES string of the molecule is COc1cccc(C(C)C2CCNCC2)c1. The number of ether oxygens (including phenoxy) is 1. The second kappa shape index (κ2) is 5.35. The average molecular weight is 219 g/mol. The Morgan fingerprint density at radius 2 is 2.06 bits per heavy atom. The van der Waals surface area contributed by atoms with Crippen LogP contribution in [-0.2, 0) is 0 Å².